The van der Waals surface area contributed by atoms with Gasteiger partial charge in [-0.05, 0) is 18.1 Å². The Bertz CT molecular complexity index is 412. The van der Waals surface area contributed by atoms with Gasteiger partial charge in [0, 0.05) is 25.5 Å². The summed E-state index contributed by atoms with van der Waals surface area (Å²) in [6.07, 6.45) is 1.69. The molecule has 0 atom stereocenters. The predicted octanol–water partition coefficient (Wildman–Crippen LogP) is 2.13. The van der Waals surface area contributed by atoms with E-state index in [-0.39, 0.29) is 5.91 Å². The largest absolute Gasteiger partial charge is 0.355 e. The van der Waals surface area contributed by atoms with Gasteiger partial charge in [-0.2, -0.15) is 0 Å². The lowest BCUT2D eigenvalue weighted by Gasteiger charge is -1.99. The Hall–Kier alpha value is -1.75. The van der Waals surface area contributed by atoms with Crippen LogP contribution in [0.5, 0.6) is 0 Å². The molecule has 1 aromatic rings. The van der Waals surface area contributed by atoms with Gasteiger partial charge in [-0.1, -0.05) is 37.0 Å². The molecule has 84 valence electrons. The molecule has 0 aliphatic heterocycles. The Morgan fingerprint density at radius 2 is 2.12 bits per heavy atom. The molecule has 0 fully saturated rings. The van der Waals surface area contributed by atoms with E-state index in [1.807, 2.05) is 18.2 Å². The van der Waals surface area contributed by atoms with Gasteiger partial charge in [-0.15, -0.1) is 0 Å². The van der Waals surface area contributed by atoms with Gasteiger partial charge in [0.25, 0.3) is 0 Å². The van der Waals surface area contributed by atoms with Crippen LogP contribution in [0.25, 0.3) is 0 Å². The van der Waals surface area contributed by atoms with Gasteiger partial charge < -0.3 is 5.32 Å². The maximum atomic E-state index is 10.6. The van der Waals surface area contributed by atoms with Crippen molar-refractivity contribution >= 4 is 5.91 Å². The summed E-state index contributed by atoms with van der Waals surface area (Å²) in [5.74, 6) is 6.20. The van der Waals surface area contributed by atoms with Crippen LogP contribution in [0.15, 0.2) is 24.3 Å². The van der Waals surface area contributed by atoms with Gasteiger partial charge in [-0.25, -0.2) is 0 Å². The van der Waals surface area contributed by atoms with E-state index in [9.17, 15) is 4.79 Å². The topological polar surface area (TPSA) is 29.1 Å². The summed E-state index contributed by atoms with van der Waals surface area (Å²) in [5, 5.41) is 2.72. The summed E-state index contributed by atoms with van der Waals surface area (Å²) in [7, 11) is 0. The lowest BCUT2D eigenvalue weighted by molar-refractivity contribution is -0.118. The maximum absolute atomic E-state index is 10.6. The fourth-order valence-corrected chi connectivity index (χ4v) is 1.41. The number of carbonyl (C=O) groups is 1. The van der Waals surface area contributed by atoms with E-state index < -0.39 is 0 Å². The van der Waals surface area contributed by atoms with Gasteiger partial charge in [0.1, 0.15) is 0 Å². The molecule has 0 aliphatic carbocycles. The van der Waals surface area contributed by atoms with Crippen molar-refractivity contribution in [2.24, 2.45) is 0 Å². The minimum atomic E-state index is -0.00393. The third-order valence-corrected chi connectivity index (χ3v) is 2.25. The standard InChI is InChI=1S/C14H17NO/c1-3-13-8-4-5-9-14(13)10-6-7-11-15-12(2)16/h4-5,8-9H,3,7,11H2,1-2H3,(H,15,16). The van der Waals surface area contributed by atoms with Crippen molar-refractivity contribution in [1.29, 1.82) is 0 Å². The first kappa shape index (κ1) is 12.3. The number of benzene rings is 1. The monoisotopic (exact) mass is 215 g/mol. The summed E-state index contributed by atoms with van der Waals surface area (Å²) in [5.41, 5.74) is 2.36. The zero-order chi connectivity index (χ0) is 11.8. The minimum absolute atomic E-state index is 0.00393. The molecule has 0 heterocycles. The van der Waals surface area contributed by atoms with E-state index in [1.165, 1.54) is 12.5 Å². The van der Waals surface area contributed by atoms with Crippen molar-refractivity contribution in [1.82, 2.24) is 5.32 Å². The summed E-state index contributed by atoms with van der Waals surface area (Å²) in [6, 6.07) is 8.15. The molecule has 1 amide bonds. The summed E-state index contributed by atoms with van der Waals surface area (Å²) >= 11 is 0. The van der Waals surface area contributed by atoms with Crippen molar-refractivity contribution in [3.63, 3.8) is 0 Å². The Labute approximate surface area is 97.1 Å². The molecule has 0 saturated carbocycles. The number of hydrogen-bond donors (Lipinski definition) is 1. The highest BCUT2D eigenvalue weighted by atomic mass is 16.1. The lowest BCUT2D eigenvalue weighted by Crippen LogP contribution is -2.20. The van der Waals surface area contributed by atoms with Crippen molar-refractivity contribution < 1.29 is 4.79 Å². The van der Waals surface area contributed by atoms with Gasteiger partial charge in [-0.3, -0.25) is 4.79 Å². The molecule has 16 heavy (non-hydrogen) atoms. The molecular formula is C14H17NO. The van der Waals surface area contributed by atoms with Gasteiger partial charge in [0.2, 0.25) is 5.91 Å². The fourth-order valence-electron chi connectivity index (χ4n) is 1.41. The maximum Gasteiger partial charge on any atom is 0.216 e. The second-order valence-corrected chi connectivity index (χ2v) is 3.55. The minimum Gasteiger partial charge on any atom is -0.355 e. The first-order valence-corrected chi connectivity index (χ1v) is 5.55. The molecule has 0 spiro atoms. The second kappa shape index (κ2) is 6.68. The Balaban J connectivity index is 2.52. The highest BCUT2D eigenvalue weighted by molar-refractivity contribution is 5.72. The SMILES string of the molecule is CCc1ccccc1C#CCCNC(C)=O. The molecule has 0 unspecified atom stereocenters. The number of aryl methyl sites for hydroxylation is 1. The van der Waals surface area contributed by atoms with Gasteiger partial charge in [0.05, 0.1) is 0 Å². The zero-order valence-electron chi connectivity index (χ0n) is 9.84. The van der Waals surface area contributed by atoms with E-state index in [0.717, 1.165) is 12.0 Å². The van der Waals surface area contributed by atoms with E-state index in [4.69, 9.17) is 0 Å². The van der Waals surface area contributed by atoms with Crippen molar-refractivity contribution in [2.45, 2.75) is 26.7 Å². The van der Waals surface area contributed by atoms with E-state index in [0.29, 0.717) is 13.0 Å². The highest BCUT2D eigenvalue weighted by Crippen LogP contribution is 2.07. The molecule has 0 bridgehead atoms. The van der Waals surface area contributed by atoms with Crippen LogP contribution in [-0.4, -0.2) is 12.5 Å². The number of amides is 1. The number of carbonyl (C=O) groups excluding carboxylic acids is 1. The second-order valence-electron chi connectivity index (χ2n) is 3.55. The van der Waals surface area contributed by atoms with Crippen LogP contribution in [0, 0.1) is 11.8 Å². The van der Waals surface area contributed by atoms with Gasteiger partial charge in [0.15, 0.2) is 0 Å². The molecule has 0 radical (unpaired) electrons. The number of rotatable bonds is 3. The van der Waals surface area contributed by atoms with Crippen LogP contribution >= 0.6 is 0 Å². The molecule has 2 nitrogen and oxygen atoms in total. The van der Waals surface area contributed by atoms with E-state index in [2.05, 4.69) is 30.1 Å². The average molecular weight is 215 g/mol. The van der Waals surface area contributed by atoms with Crippen LogP contribution in [0.3, 0.4) is 0 Å². The first-order valence-electron chi connectivity index (χ1n) is 5.55. The molecule has 2 heteroatoms. The average Bonchev–Trinajstić information content (AvgIpc) is 2.29. The van der Waals surface area contributed by atoms with Crippen LogP contribution in [-0.2, 0) is 11.2 Å². The van der Waals surface area contributed by atoms with Crippen molar-refractivity contribution in [2.75, 3.05) is 6.54 Å². The Kier molecular flexibility index (Phi) is 5.15. The van der Waals surface area contributed by atoms with Crippen LogP contribution in [0.1, 0.15) is 31.4 Å². The third-order valence-electron chi connectivity index (χ3n) is 2.25. The van der Waals surface area contributed by atoms with Crippen LogP contribution in [0.2, 0.25) is 0 Å². The number of nitrogens with one attached hydrogen (secondary N) is 1. The smallest absolute Gasteiger partial charge is 0.216 e. The fraction of sp³-hybridized carbons (Fsp3) is 0.357. The molecule has 1 rings (SSSR count). The predicted molar refractivity (Wildman–Crippen MR) is 66.0 cm³/mol. The molecule has 1 N–H and O–H groups in total. The van der Waals surface area contributed by atoms with Gasteiger partial charge >= 0.3 is 0 Å². The van der Waals surface area contributed by atoms with Crippen LogP contribution < -0.4 is 5.32 Å². The quantitative estimate of drug-likeness (QED) is 0.607. The van der Waals surface area contributed by atoms with Crippen molar-refractivity contribution in [3.05, 3.63) is 35.4 Å². The Morgan fingerprint density at radius 3 is 2.81 bits per heavy atom. The zero-order valence-corrected chi connectivity index (χ0v) is 9.84. The summed E-state index contributed by atoms with van der Waals surface area (Å²) in [4.78, 5) is 10.6. The molecular weight excluding hydrogens is 198 g/mol. The first-order chi connectivity index (χ1) is 7.74. The normalized spacial score (nSPS) is 9.12. The number of hydrogen-bond acceptors (Lipinski definition) is 1. The molecule has 0 aromatic heterocycles. The molecule has 0 aliphatic rings. The van der Waals surface area contributed by atoms with E-state index in [1.54, 1.807) is 0 Å². The third kappa shape index (κ3) is 4.18. The highest BCUT2D eigenvalue weighted by Gasteiger charge is 1.94. The summed E-state index contributed by atoms with van der Waals surface area (Å²) < 4.78 is 0. The van der Waals surface area contributed by atoms with Crippen molar-refractivity contribution in [3.8, 4) is 11.8 Å². The van der Waals surface area contributed by atoms with Crippen LogP contribution in [0.4, 0.5) is 0 Å². The Morgan fingerprint density at radius 1 is 1.38 bits per heavy atom. The van der Waals surface area contributed by atoms with E-state index >= 15 is 0 Å². The molecule has 0 saturated heterocycles. The summed E-state index contributed by atoms with van der Waals surface area (Å²) in [6.45, 7) is 4.26. The molecule has 1 aromatic carbocycles. The lowest BCUT2D eigenvalue weighted by atomic mass is 10.1.